The Labute approximate surface area is 128 Å². The van der Waals surface area contributed by atoms with Gasteiger partial charge in [0.15, 0.2) is 5.13 Å². The molecule has 0 bridgehead atoms. The van der Waals surface area contributed by atoms with Crippen molar-refractivity contribution in [1.82, 2.24) is 4.98 Å². The van der Waals surface area contributed by atoms with Gasteiger partial charge >= 0.3 is 5.97 Å². The number of anilines is 1. The number of thiazole rings is 1. The van der Waals surface area contributed by atoms with E-state index >= 15 is 0 Å². The summed E-state index contributed by atoms with van der Waals surface area (Å²) in [5.41, 5.74) is 1.89. The highest BCUT2D eigenvalue weighted by Gasteiger charge is 2.08. The van der Waals surface area contributed by atoms with E-state index in [-0.39, 0.29) is 5.97 Å². The Bertz CT molecular complexity index is 598. The van der Waals surface area contributed by atoms with Gasteiger partial charge in [-0.15, -0.1) is 0 Å². The number of carbonyl (C=O) groups excluding carboxylic acids is 1. The van der Waals surface area contributed by atoms with Crippen molar-refractivity contribution in [2.45, 2.75) is 19.8 Å². The minimum absolute atomic E-state index is 0.181. The second kappa shape index (κ2) is 7.95. The van der Waals surface area contributed by atoms with Gasteiger partial charge in [0.2, 0.25) is 0 Å². The largest absolute Gasteiger partial charge is 0.465 e. The number of carbonyl (C=O) groups is 1. The van der Waals surface area contributed by atoms with Crippen LogP contribution in [-0.4, -0.2) is 37.8 Å². The van der Waals surface area contributed by atoms with E-state index in [0.717, 1.165) is 33.9 Å². The smallest absolute Gasteiger partial charge is 0.310 e. The number of hydrogen-bond acceptors (Lipinski definition) is 6. The Balaban J connectivity index is 2.01. The minimum Gasteiger partial charge on any atom is -0.465 e. The number of hydrogen-bond donors (Lipinski definition) is 1. The van der Waals surface area contributed by atoms with E-state index in [1.54, 1.807) is 18.4 Å². The molecule has 6 heteroatoms. The molecule has 2 aromatic rings. The number of esters is 1. The number of rotatable bonds is 8. The molecule has 5 nitrogen and oxygen atoms in total. The van der Waals surface area contributed by atoms with Gasteiger partial charge in [-0.25, -0.2) is 4.98 Å². The molecule has 0 fully saturated rings. The van der Waals surface area contributed by atoms with Crippen LogP contribution in [0, 0.1) is 0 Å². The van der Waals surface area contributed by atoms with Crippen LogP contribution in [0.3, 0.4) is 0 Å². The molecule has 0 amide bonds. The first-order chi connectivity index (χ1) is 10.2. The molecule has 0 aliphatic heterocycles. The number of fused-ring (bicyclic) bond motifs is 1. The van der Waals surface area contributed by atoms with Gasteiger partial charge in [0.1, 0.15) is 0 Å². The molecule has 0 spiro atoms. The summed E-state index contributed by atoms with van der Waals surface area (Å²) in [4.78, 5) is 16.1. The zero-order valence-corrected chi connectivity index (χ0v) is 13.2. The summed E-state index contributed by atoms with van der Waals surface area (Å²) in [6.07, 6.45) is 1.15. The third-order valence-corrected chi connectivity index (χ3v) is 3.83. The van der Waals surface area contributed by atoms with Crippen molar-refractivity contribution in [2.24, 2.45) is 0 Å². The van der Waals surface area contributed by atoms with Gasteiger partial charge in [-0.2, -0.15) is 0 Å². The Hall–Kier alpha value is -1.66. The Morgan fingerprint density at radius 2 is 2.24 bits per heavy atom. The van der Waals surface area contributed by atoms with Crippen LogP contribution in [0.1, 0.15) is 18.9 Å². The summed E-state index contributed by atoms with van der Waals surface area (Å²) < 4.78 is 11.2. The lowest BCUT2D eigenvalue weighted by molar-refractivity contribution is -0.142. The molecule has 0 aliphatic carbocycles. The zero-order valence-electron chi connectivity index (χ0n) is 12.3. The second-order valence-electron chi connectivity index (χ2n) is 4.64. The summed E-state index contributed by atoms with van der Waals surface area (Å²) in [6.45, 7) is 3.83. The van der Waals surface area contributed by atoms with Crippen molar-refractivity contribution in [1.29, 1.82) is 0 Å². The second-order valence-corrected chi connectivity index (χ2v) is 5.67. The molecule has 0 radical (unpaired) electrons. The maximum atomic E-state index is 11.6. The molecule has 0 saturated heterocycles. The van der Waals surface area contributed by atoms with Gasteiger partial charge in [0, 0.05) is 13.7 Å². The zero-order chi connectivity index (χ0) is 15.1. The summed E-state index contributed by atoms with van der Waals surface area (Å²) >= 11 is 1.58. The first-order valence-corrected chi connectivity index (χ1v) is 7.82. The van der Waals surface area contributed by atoms with Gasteiger partial charge in [-0.1, -0.05) is 24.3 Å². The number of nitrogens with one attached hydrogen (secondary N) is 1. The monoisotopic (exact) mass is 308 g/mol. The lowest BCUT2D eigenvalue weighted by atomic mass is 10.1. The lowest BCUT2D eigenvalue weighted by Crippen LogP contribution is -2.08. The fourth-order valence-electron chi connectivity index (χ4n) is 1.85. The topological polar surface area (TPSA) is 60.5 Å². The molecule has 114 valence electrons. The molecule has 1 N–H and O–H groups in total. The van der Waals surface area contributed by atoms with Crippen LogP contribution in [0.25, 0.3) is 10.2 Å². The predicted molar refractivity (Wildman–Crippen MR) is 84.9 cm³/mol. The van der Waals surface area contributed by atoms with E-state index in [1.165, 1.54) is 0 Å². The molecule has 1 aromatic carbocycles. The number of benzene rings is 1. The standard InChI is InChI=1S/C15H20N2O3S/c1-3-7-20-14(18)10-11-4-5-12-13(9-11)21-15(17-12)16-6-8-19-2/h4-5,9H,3,6-8,10H2,1-2H3,(H,16,17). The van der Waals surface area contributed by atoms with E-state index in [9.17, 15) is 4.79 Å². The van der Waals surface area contributed by atoms with Crippen molar-refractivity contribution < 1.29 is 14.3 Å². The van der Waals surface area contributed by atoms with Crippen LogP contribution in [0.4, 0.5) is 5.13 Å². The van der Waals surface area contributed by atoms with E-state index in [2.05, 4.69) is 10.3 Å². The molecule has 0 atom stereocenters. The van der Waals surface area contributed by atoms with E-state index < -0.39 is 0 Å². The fraction of sp³-hybridized carbons (Fsp3) is 0.467. The Morgan fingerprint density at radius 1 is 1.38 bits per heavy atom. The molecule has 0 aliphatic rings. The molecule has 0 saturated carbocycles. The fourth-order valence-corrected chi connectivity index (χ4v) is 2.80. The molecule has 1 aromatic heterocycles. The summed E-state index contributed by atoms with van der Waals surface area (Å²) in [7, 11) is 1.67. The average Bonchev–Trinajstić information content (AvgIpc) is 2.87. The van der Waals surface area contributed by atoms with E-state index in [4.69, 9.17) is 9.47 Å². The highest BCUT2D eigenvalue weighted by molar-refractivity contribution is 7.22. The highest BCUT2D eigenvalue weighted by Crippen LogP contribution is 2.26. The van der Waals surface area contributed by atoms with E-state index in [0.29, 0.717) is 19.6 Å². The Kier molecular flexibility index (Phi) is 5.95. The normalized spacial score (nSPS) is 10.8. The van der Waals surface area contributed by atoms with Crippen LogP contribution >= 0.6 is 11.3 Å². The van der Waals surface area contributed by atoms with Crippen molar-refractivity contribution in [2.75, 3.05) is 32.2 Å². The summed E-state index contributed by atoms with van der Waals surface area (Å²) in [5, 5.41) is 4.08. The summed E-state index contributed by atoms with van der Waals surface area (Å²) in [6, 6.07) is 5.87. The van der Waals surface area contributed by atoms with Crippen molar-refractivity contribution in [3.05, 3.63) is 23.8 Å². The maximum absolute atomic E-state index is 11.6. The van der Waals surface area contributed by atoms with Gasteiger partial charge in [-0.3, -0.25) is 4.79 Å². The molecule has 0 unspecified atom stereocenters. The van der Waals surface area contributed by atoms with Gasteiger partial charge in [-0.05, 0) is 24.1 Å². The van der Waals surface area contributed by atoms with Crippen molar-refractivity contribution >= 4 is 32.7 Å². The quantitative estimate of drug-likeness (QED) is 0.600. The van der Waals surface area contributed by atoms with Crippen LogP contribution in [0.15, 0.2) is 18.2 Å². The van der Waals surface area contributed by atoms with Crippen molar-refractivity contribution in [3.63, 3.8) is 0 Å². The number of ether oxygens (including phenoxy) is 2. The van der Waals surface area contributed by atoms with Crippen LogP contribution in [-0.2, 0) is 20.7 Å². The highest BCUT2D eigenvalue weighted by atomic mass is 32.1. The van der Waals surface area contributed by atoms with Crippen LogP contribution in [0.2, 0.25) is 0 Å². The predicted octanol–water partition coefficient (Wildman–Crippen LogP) is 2.85. The first-order valence-electron chi connectivity index (χ1n) is 7.01. The van der Waals surface area contributed by atoms with Crippen LogP contribution in [0.5, 0.6) is 0 Å². The molecule has 21 heavy (non-hydrogen) atoms. The third kappa shape index (κ3) is 4.68. The molecular weight excluding hydrogens is 288 g/mol. The first kappa shape index (κ1) is 15.7. The molecular formula is C15H20N2O3S. The summed E-state index contributed by atoms with van der Waals surface area (Å²) in [5.74, 6) is -0.181. The minimum atomic E-state index is -0.181. The van der Waals surface area contributed by atoms with Gasteiger partial charge in [0.25, 0.3) is 0 Å². The average molecular weight is 308 g/mol. The number of aromatic nitrogens is 1. The van der Waals surface area contributed by atoms with Crippen molar-refractivity contribution in [3.8, 4) is 0 Å². The van der Waals surface area contributed by atoms with E-state index in [1.807, 2.05) is 25.1 Å². The number of methoxy groups -OCH3 is 1. The SMILES string of the molecule is CCCOC(=O)Cc1ccc2nc(NCCOC)sc2c1. The third-order valence-electron chi connectivity index (χ3n) is 2.85. The van der Waals surface area contributed by atoms with Crippen LogP contribution < -0.4 is 5.32 Å². The molecule has 1 heterocycles. The Morgan fingerprint density at radius 3 is 3.00 bits per heavy atom. The number of nitrogens with zero attached hydrogens (tertiary/aromatic N) is 1. The molecule has 2 rings (SSSR count). The van der Waals surface area contributed by atoms with Gasteiger partial charge in [0.05, 0.1) is 29.9 Å². The van der Waals surface area contributed by atoms with Gasteiger partial charge < -0.3 is 14.8 Å². The maximum Gasteiger partial charge on any atom is 0.310 e. The lowest BCUT2D eigenvalue weighted by Gasteiger charge is -2.02.